The molecule has 0 heterocycles. The SMILES string of the molecule is C=C/C(C)=C\C(=O)OCCCC.CCCCCCCCCCCCSC(=S)SC(C)C.CCCCCCCCCCCCSC(=S)S[C@@H](C(=O)OCCCC)/C(C)=C/CC(CC(C)C)C(C)=CC(=O)OCCCC.O=C=O.O=C=O. The molecule has 0 aliphatic carbocycles. The number of hydrogen-bond acceptors (Lipinski definition) is 16. The number of hydrogen-bond donors (Lipinski definition) is 0. The summed E-state index contributed by atoms with van der Waals surface area (Å²) >= 11 is 17.9. The fourth-order valence-electron chi connectivity index (χ4n) is 7.30. The van der Waals surface area contributed by atoms with Gasteiger partial charge in [-0.25, -0.2) is 9.59 Å². The van der Waals surface area contributed by atoms with E-state index >= 15 is 0 Å². The van der Waals surface area contributed by atoms with Gasteiger partial charge in [0, 0.05) is 17.4 Å². The third-order valence-electron chi connectivity index (χ3n) is 12.0. The molecule has 0 aromatic carbocycles. The van der Waals surface area contributed by atoms with Crippen LogP contribution in [0.25, 0.3) is 0 Å². The van der Waals surface area contributed by atoms with Crippen LogP contribution in [0.5, 0.6) is 0 Å². The maximum Gasteiger partial charge on any atom is 0.373 e. The highest BCUT2D eigenvalue weighted by atomic mass is 32.2. The number of esters is 3. The van der Waals surface area contributed by atoms with Crippen LogP contribution in [0.4, 0.5) is 0 Å². The highest BCUT2D eigenvalue weighted by Crippen LogP contribution is 2.31. The number of carbonyl (C=O) groups is 3. The molecule has 2 atom stereocenters. The number of ether oxygens (including phenoxy) is 3. The molecule has 0 saturated carbocycles. The summed E-state index contributed by atoms with van der Waals surface area (Å²) in [5.41, 5.74) is 2.83. The van der Waals surface area contributed by atoms with Crippen molar-refractivity contribution in [3.05, 3.63) is 47.6 Å². The van der Waals surface area contributed by atoms with Crippen molar-refractivity contribution in [1.82, 2.24) is 0 Å². The van der Waals surface area contributed by atoms with E-state index in [1.54, 1.807) is 23.9 Å². The number of allylic oxidation sites excluding steroid dienone is 4. The van der Waals surface area contributed by atoms with Crippen molar-refractivity contribution in [1.29, 1.82) is 0 Å². The van der Waals surface area contributed by atoms with Crippen LogP contribution in [-0.2, 0) is 47.8 Å². The lowest BCUT2D eigenvalue weighted by Crippen LogP contribution is -2.23. The van der Waals surface area contributed by atoms with Crippen LogP contribution in [0.3, 0.4) is 0 Å². The second-order valence-corrected chi connectivity index (χ2v) is 27.7. The number of thioether (sulfide) groups is 4. The van der Waals surface area contributed by atoms with E-state index < -0.39 is 5.25 Å². The number of unbranched alkanes of at least 4 members (excludes halogenated alkanes) is 21. The van der Waals surface area contributed by atoms with Crippen molar-refractivity contribution in [2.45, 2.75) is 273 Å². The topological polar surface area (TPSA) is 147 Å². The molecule has 0 bridgehead atoms. The first-order valence-electron chi connectivity index (χ1n) is 30.2. The molecule has 0 aromatic heterocycles. The lowest BCUT2D eigenvalue weighted by Gasteiger charge is -2.21. The second kappa shape index (κ2) is 69.2. The van der Waals surface area contributed by atoms with Gasteiger partial charge in [0.2, 0.25) is 0 Å². The Labute approximate surface area is 517 Å². The van der Waals surface area contributed by atoms with Crippen LogP contribution in [0.2, 0.25) is 0 Å². The minimum Gasteiger partial charge on any atom is -0.465 e. The van der Waals surface area contributed by atoms with Gasteiger partial charge >= 0.3 is 30.2 Å². The first-order chi connectivity index (χ1) is 38.3. The van der Waals surface area contributed by atoms with Crippen molar-refractivity contribution < 1.29 is 47.8 Å². The highest BCUT2D eigenvalue weighted by Gasteiger charge is 2.25. The fourth-order valence-corrected chi connectivity index (χ4v) is 12.6. The van der Waals surface area contributed by atoms with Crippen LogP contribution >= 0.6 is 71.5 Å². The molecule has 16 heteroatoms. The average molecular weight is 1230 g/mol. The van der Waals surface area contributed by atoms with E-state index in [1.807, 2.05) is 44.3 Å². The molecular weight excluding hydrogens is 1120 g/mol. The van der Waals surface area contributed by atoms with Gasteiger partial charge < -0.3 is 14.2 Å². The minimum absolute atomic E-state index is 0.202. The molecule has 0 radical (unpaired) electrons. The lowest BCUT2D eigenvalue weighted by atomic mass is 9.87. The van der Waals surface area contributed by atoms with E-state index in [2.05, 4.69) is 75.0 Å². The van der Waals surface area contributed by atoms with Gasteiger partial charge in [-0.3, -0.25) is 4.79 Å². The largest absolute Gasteiger partial charge is 0.465 e. The Morgan fingerprint density at radius 2 is 0.850 bits per heavy atom. The first kappa shape index (κ1) is 86.5. The molecule has 0 N–H and O–H groups in total. The fraction of sp³-hybridized carbons (Fsp3) is 0.766. The molecular formula is C64H112O10S6. The summed E-state index contributed by atoms with van der Waals surface area (Å²) < 4.78 is 17.9. The molecule has 0 spiro atoms. The number of thiocarbonyl (C=S) groups is 2. The molecule has 464 valence electrons. The third kappa shape index (κ3) is 70.0. The van der Waals surface area contributed by atoms with Crippen molar-refractivity contribution in [2.75, 3.05) is 31.3 Å². The Hall–Kier alpha value is -2.29. The van der Waals surface area contributed by atoms with E-state index in [0.717, 1.165) is 87.3 Å². The van der Waals surface area contributed by atoms with Crippen LogP contribution in [0.1, 0.15) is 263 Å². The summed E-state index contributed by atoms with van der Waals surface area (Å²) in [6.07, 6.45) is 42.1. The molecule has 10 nitrogen and oxygen atoms in total. The standard InChI is InChI=1S/C36H64O4S3.C16H32S3.C10H16O2.2CO2/c1-8-11-14-15-16-17-18-19-20-21-26-42-36(41)43-34(35(38)40-25-13-10-3)30(6)22-23-32(27-29(4)5)31(7)28-33(37)39-24-12-9-2;1-4-5-6-7-8-9-10-11-12-13-14-18-16(17)19-15(2)3;1-4-6-7-12-10(11)8-9(3)5-2;2*2-1-3/h22,28-29,32,34H,8-21,23-27H2,1-7H3;15H,4-14H2,1-3H3;5,8H,2,4,6-7H2,1,3H3;;/b30-22+,31-28?;;9-8-;;/t32?,34-;;;;/m1..../s1. The van der Waals surface area contributed by atoms with E-state index in [9.17, 15) is 14.4 Å². The number of carbonyl (C=O) groups excluding carboxylic acids is 7. The van der Waals surface area contributed by atoms with Crippen molar-refractivity contribution >= 4 is 109 Å². The summed E-state index contributed by atoms with van der Waals surface area (Å²) in [5, 5.41) is 0.195. The second-order valence-electron chi connectivity index (χ2n) is 20.4. The van der Waals surface area contributed by atoms with Gasteiger partial charge in [-0.05, 0) is 94.6 Å². The van der Waals surface area contributed by atoms with Gasteiger partial charge in [-0.2, -0.15) is 19.2 Å². The van der Waals surface area contributed by atoms with Gasteiger partial charge in [-0.1, -0.05) is 263 Å². The zero-order chi connectivity index (χ0) is 61.5. The first-order valence-corrected chi connectivity index (χ1v) is 34.7. The van der Waals surface area contributed by atoms with Gasteiger partial charge in [0.15, 0.2) is 0 Å². The molecule has 80 heavy (non-hydrogen) atoms. The lowest BCUT2D eigenvalue weighted by molar-refractivity contribution is -0.193. The van der Waals surface area contributed by atoms with Crippen LogP contribution in [-0.4, -0.2) is 79.1 Å². The Kier molecular flexibility index (Phi) is 74.8. The summed E-state index contributed by atoms with van der Waals surface area (Å²) in [6, 6.07) is 0. The Morgan fingerprint density at radius 3 is 1.21 bits per heavy atom. The Morgan fingerprint density at radius 1 is 0.500 bits per heavy atom. The van der Waals surface area contributed by atoms with Gasteiger partial charge in [-0.15, -0.1) is 35.3 Å². The predicted octanol–water partition coefficient (Wildman–Crippen LogP) is 20.0. The van der Waals surface area contributed by atoms with Crippen molar-refractivity contribution in [3.63, 3.8) is 0 Å². The molecule has 0 aliphatic heterocycles. The van der Waals surface area contributed by atoms with E-state index in [4.69, 9.17) is 57.8 Å². The minimum atomic E-state index is -0.437. The van der Waals surface area contributed by atoms with Crippen LogP contribution in [0.15, 0.2) is 47.6 Å². The van der Waals surface area contributed by atoms with Crippen molar-refractivity contribution in [3.8, 4) is 0 Å². The number of rotatable bonds is 43. The van der Waals surface area contributed by atoms with Crippen LogP contribution in [0, 0.1) is 11.8 Å². The summed E-state index contributed by atoms with van der Waals surface area (Å²) in [6.45, 7) is 30.4. The van der Waals surface area contributed by atoms with Crippen molar-refractivity contribution in [2.24, 2.45) is 11.8 Å². The molecule has 0 saturated heterocycles. The molecule has 0 amide bonds. The highest BCUT2D eigenvalue weighted by molar-refractivity contribution is 8.48. The Bertz CT molecular complexity index is 1670. The maximum absolute atomic E-state index is 13.2. The summed E-state index contributed by atoms with van der Waals surface area (Å²) in [7, 11) is 0. The molecule has 0 rings (SSSR count). The quantitative estimate of drug-likeness (QED) is 0.0108. The van der Waals surface area contributed by atoms with Crippen LogP contribution < -0.4 is 0 Å². The average Bonchev–Trinajstić information content (AvgIpc) is 3.40. The maximum atomic E-state index is 13.2. The van der Waals surface area contributed by atoms with E-state index in [-0.39, 0.29) is 36.1 Å². The van der Waals surface area contributed by atoms with Gasteiger partial charge in [0.05, 0.1) is 19.8 Å². The smallest absolute Gasteiger partial charge is 0.373 e. The van der Waals surface area contributed by atoms with Gasteiger partial charge in [0.1, 0.15) is 12.3 Å². The molecule has 1 unspecified atom stereocenters. The summed E-state index contributed by atoms with van der Waals surface area (Å²) in [4.78, 5) is 68.9. The zero-order valence-electron chi connectivity index (χ0n) is 52.2. The molecule has 0 aliphatic rings. The molecule has 0 aromatic rings. The Balaban J connectivity index is -0.000000411. The molecule has 0 fully saturated rings. The van der Waals surface area contributed by atoms with Gasteiger partial charge in [0.25, 0.3) is 0 Å². The zero-order valence-corrected chi connectivity index (χ0v) is 57.1. The third-order valence-corrected chi connectivity index (χ3v) is 17.7. The monoisotopic (exact) mass is 1230 g/mol. The predicted molar refractivity (Wildman–Crippen MR) is 355 cm³/mol. The van der Waals surface area contributed by atoms with E-state index in [1.165, 1.54) is 146 Å². The summed E-state index contributed by atoms with van der Waals surface area (Å²) in [5.74, 6) is 2.15. The van der Waals surface area contributed by atoms with E-state index in [0.29, 0.717) is 31.0 Å². The normalized spacial score (nSPS) is 11.8.